The number of rotatable bonds is 4. The van der Waals surface area contributed by atoms with Gasteiger partial charge in [-0.3, -0.25) is 4.79 Å². The number of aliphatic carboxylic acids is 1. The van der Waals surface area contributed by atoms with E-state index in [1.807, 2.05) is 36.4 Å². The molecule has 0 radical (unpaired) electrons. The highest BCUT2D eigenvalue weighted by Gasteiger charge is 2.09. The lowest BCUT2D eigenvalue weighted by molar-refractivity contribution is -0.136. The van der Waals surface area contributed by atoms with Gasteiger partial charge < -0.3 is 9.84 Å². The molecule has 2 rings (SSSR count). The summed E-state index contributed by atoms with van der Waals surface area (Å²) in [5.41, 5.74) is 0.966. The first-order chi connectivity index (χ1) is 8.22. The van der Waals surface area contributed by atoms with E-state index in [1.165, 1.54) is 0 Å². The van der Waals surface area contributed by atoms with Gasteiger partial charge in [0.2, 0.25) is 0 Å². The van der Waals surface area contributed by atoms with Crippen molar-refractivity contribution in [2.45, 2.75) is 12.8 Å². The molecule has 0 unspecified atom stereocenters. The maximum atomic E-state index is 10.7. The Morgan fingerprint density at radius 1 is 1.24 bits per heavy atom. The summed E-state index contributed by atoms with van der Waals surface area (Å²) in [5.74, 6) is -0.0371. The third kappa shape index (κ3) is 2.38. The number of carbonyl (C=O) groups is 1. The van der Waals surface area contributed by atoms with Gasteiger partial charge in [0.1, 0.15) is 5.75 Å². The van der Waals surface area contributed by atoms with Crippen LogP contribution < -0.4 is 4.74 Å². The Labute approximate surface area is 99.6 Å². The average molecular weight is 230 g/mol. The van der Waals surface area contributed by atoms with Gasteiger partial charge >= 0.3 is 5.97 Å². The van der Waals surface area contributed by atoms with Crippen molar-refractivity contribution in [2.24, 2.45) is 0 Å². The second-order valence-electron chi connectivity index (χ2n) is 3.86. The molecule has 0 saturated heterocycles. The molecule has 0 aromatic heterocycles. The van der Waals surface area contributed by atoms with E-state index in [-0.39, 0.29) is 6.42 Å². The summed E-state index contributed by atoms with van der Waals surface area (Å²) in [7, 11) is 1.61. The SMILES string of the molecule is COc1ccc2ccccc2c1CCC(=O)O. The molecule has 3 heteroatoms. The Morgan fingerprint density at radius 3 is 2.71 bits per heavy atom. The third-order valence-corrected chi connectivity index (χ3v) is 2.81. The predicted molar refractivity (Wildman–Crippen MR) is 66.5 cm³/mol. The first kappa shape index (κ1) is 11.5. The van der Waals surface area contributed by atoms with Gasteiger partial charge in [-0.05, 0) is 23.3 Å². The fourth-order valence-corrected chi connectivity index (χ4v) is 2.00. The fraction of sp³-hybridized carbons (Fsp3) is 0.214. The van der Waals surface area contributed by atoms with Crippen LogP contribution in [0.3, 0.4) is 0 Å². The first-order valence-corrected chi connectivity index (χ1v) is 5.49. The maximum Gasteiger partial charge on any atom is 0.303 e. The molecule has 1 N–H and O–H groups in total. The summed E-state index contributed by atoms with van der Waals surface area (Å²) < 4.78 is 5.29. The number of hydrogen-bond acceptors (Lipinski definition) is 2. The van der Waals surface area contributed by atoms with E-state index in [2.05, 4.69) is 0 Å². The van der Waals surface area contributed by atoms with Crippen LogP contribution in [0.15, 0.2) is 36.4 Å². The minimum absolute atomic E-state index is 0.115. The smallest absolute Gasteiger partial charge is 0.303 e. The highest BCUT2D eigenvalue weighted by atomic mass is 16.5. The van der Waals surface area contributed by atoms with Crippen LogP contribution in [-0.2, 0) is 11.2 Å². The van der Waals surface area contributed by atoms with Crippen molar-refractivity contribution in [3.05, 3.63) is 42.0 Å². The van der Waals surface area contributed by atoms with Crippen molar-refractivity contribution < 1.29 is 14.6 Å². The predicted octanol–water partition coefficient (Wildman–Crippen LogP) is 2.87. The highest BCUT2D eigenvalue weighted by Crippen LogP contribution is 2.28. The summed E-state index contributed by atoms with van der Waals surface area (Å²) in [6, 6.07) is 11.8. The van der Waals surface area contributed by atoms with E-state index in [1.54, 1.807) is 7.11 Å². The Balaban J connectivity index is 2.50. The summed E-state index contributed by atoms with van der Waals surface area (Å²) in [4.78, 5) is 10.7. The molecule has 88 valence electrons. The highest BCUT2D eigenvalue weighted by molar-refractivity contribution is 5.88. The Hall–Kier alpha value is -2.03. The number of carboxylic acid groups (broad SMARTS) is 1. The van der Waals surface area contributed by atoms with Crippen LogP contribution in [0.5, 0.6) is 5.75 Å². The van der Waals surface area contributed by atoms with Gasteiger partial charge in [-0.25, -0.2) is 0 Å². The molecule has 17 heavy (non-hydrogen) atoms. The minimum atomic E-state index is -0.792. The van der Waals surface area contributed by atoms with E-state index >= 15 is 0 Å². The second kappa shape index (κ2) is 4.87. The zero-order valence-electron chi connectivity index (χ0n) is 9.64. The molecule has 0 spiro atoms. The Kier molecular flexibility index (Phi) is 3.28. The Bertz CT molecular complexity index is 546. The molecule has 0 amide bonds. The number of fused-ring (bicyclic) bond motifs is 1. The molecule has 0 fully saturated rings. The molecule has 0 aliphatic heterocycles. The molecule has 0 aliphatic carbocycles. The van der Waals surface area contributed by atoms with Crippen molar-refractivity contribution in [3.8, 4) is 5.75 Å². The quantitative estimate of drug-likeness (QED) is 0.878. The van der Waals surface area contributed by atoms with Gasteiger partial charge in [0.15, 0.2) is 0 Å². The van der Waals surface area contributed by atoms with Crippen LogP contribution in [0.1, 0.15) is 12.0 Å². The fourth-order valence-electron chi connectivity index (χ4n) is 2.00. The van der Waals surface area contributed by atoms with Crippen LogP contribution in [-0.4, -0.2) is 18.2 Å². The molecule has 0 bridgehead atoms. The molecule has 3 nitrogen and oxygen atoms in total. The van der Waals surface area contributed by atoms with Crippen LogP contribution >= 0.6 is 0 Å². The van der Waals surface area contributed by atoms with Gasteiger partial charge in [-0.2, -0.15) is 0 Å². The van der Waals surface area contributed by atoms with Crippen LogP contribution in [0.2, 0.25) is 0 Å². The molecular formula is C14H14O3. The molecule has 0 saturated carbocycles. The van der Waals surface area contributed by atoms with E-state index in [0.29, 0.717) is 6.42 Å². The first-order valence-electron chi connectivity index (χ1n) is 5.49. The summed E-state index contributed by atoms with van der Waals surface area (Å²) in [6.07, 6.45) is 0.601. The number of carboxylic acids is 1. The van der Waals surface area contributed by atoms with E-state index in [0.717, 1.165) is 22.1 Å². The van der Waals surface area contributed by atoms with Crippen LogP contribution in [0, 0.1) is 0 Å². The third-order valence-electron chi connectivity index (χ3n) is 2.81. The largest absolute Gasteiger partial charge is 0.496 e. The van der Waals surface area contributed by atoms with Gasteiger partial charge in [0.05, 0.1) is 7.11 Å². The lowest BCUT2D eigenvalue weighted by atomic mass is 10.00. The molecule has 2 aromatic carbocycles. The van der Waals surface area contributed by atoms with Crippen LogP contribution in [0.25, 0.3) is 10.8 Å². The van der Waals surface area contributed by atoms with Gasteiger partial charge in [-0.15, -0.1) is 0 Å². The van der Waals surface area contributed by atoms with E-state index < -0.39 is 5.97 Å². The summed E-state index contributed by atoms with van der Waals surface area (Å²) in [5, 5.41) is 10.9. The van der Waals surface area contributed by atoms with Crippen molar-refractivity contribution in [1.29, 1.82) is 0 Å². The van der Waals surface area contributed by atoms with Crippen molar-refractivity contribution in [2.75, 3.05) is 7.11 Å². The van der Waals surface area contributed by atoms with E-state index in [4.69, 9.17) is 9.84 Å². The maximum absolute atomic E-state index is 10.7. The van der Waals surface area contributed by atoms with Crippen molar-refractivity contribution in [1.82, 2.24) is 0 Å². The normalized spacial score (nSPS) is 10.4. The van der Waals surface area contributed by atoms with Crippen LogP contribution in [0.4, 0.5) is 0 Å². The number of benzene rings is 2. The van der Waals surface area contributed by atoms with Crippen molar-refractivity contribution >= 4 is 16.7 Å². The van der Waals surface area contributed by atoms with Gasteiger partial charge in [0, 0.05) is 12.0 Å². The minimum Gasteiger partial charge on any atom is -0.496 e. The average Bonchev–Trinajstić information content (AvgIpc) is 2.35. The standard InChI is InChI=1S/C14H14O3/c1-17-13-8-6-10-4-2-3-5-11(10)12(13)7-9-14(15)16/h2-6,8H,7,9H2,1H3,(H,15,16). The molecule has 0 aliphatic rings. The number of aryl methyl sites for hydroxylation is 1. The summed E-state index contributed by atoms with van der Waals surface area (Å²) >= 11 is 0. The van der Waals surface area contributed by atoms with Crippen molar-refractivity contribution in [3.63, 3.8) is 0 Å². The molecule has 2 aromatic rings. The zero-order chi connectivity index (χ0) is 12.3. The molecular weight excluding hydrogens is 216 g/mol. The zero-order valence-corrected chi connectivity index (χ0v) is 9.64. The number of methoxy groups -OCH3 is 1. The van der Waals surface area contributed by atoms with Gasteiger partial charge in [0.25, 0.3) is 0 Å². The van der Waals surface area contributed by atoms with E-state index in [9.17, 15) is 4.79 Å². The summed E-state index contributed by atoms with van der Waals surface area (Å²) in [6.45, 7) is 0. The van der Waals surface area contributed by atoms with Gasteiger partial charge in [-0.1, -0.05) is 30.3 Å². The molecule has 0 heterocycles. The Morgan fingerprint density at radius 2 is 2.00 bits per heavy atom. The number of hydrogen-bond donors (Lipinski definition) is 1. The lowest BCUT2D eigenvalue weighted by Crippen LogP contribution is -2.00. The lowest BCUT2D eigenvalue weighted by Gasteiger charge is -2.11. The number of ether oxygens (including phenoxy) is 1. The molecule has 0 atom stereocenters. The topological polar surface area (TPSA) is 46.5 Å². The monoisotopic (exact) mass is 230 g/mol. The second-order valence-corrected chi connectivity index (χ2v) is 3.86.